The third-order valence-corrected chi connectivity index (χ3v) is 13.6. The van der Waals surface area contributed by atoms with E-state index in [0.29, 0.717) is 24.4 Å². The summed E-state index contributed by atoms with van der Waals surface area (Å²) in [6.45, 7) is 6.80. The number of rotatable bonds is 43. The lowest BCUT2D eigenvalue weighted by Gasteiger charge is -2.27. The topological polar surface area (TPSA) is 82.1 Å². The number of unbranched alkanes of at least 4 members (excludes halogenated alkanes) is 34. The average Bonchev–Trinajstić information content (AvgIpc) is 3.17. The second-order valence-electron chi connectivity index (χ2n) is 16.2. The molecule has 0 aromatic heterocycles. The standard InChI is InChI=1S/C46H92O5Si.CH2OS/c1-5-8-11-14-17-19-21-23-25-27-29-31-33-36-39-42-45(47)50-52(49-4,44-41-38-35-16-13-10-7-3)51-46(48)43-40-37-34-32-30-28-26-24-22-20-18-15-12-9-6-2;2-1-3/h5-44H2,1-4H3;1H,(H,2,3). The van der Waals surface area contributed by atoms with Gasteiger partial charge in [-0.1, -0.05) is 239 Å². The Hall–Kier alpha value is -0.993. The molecule has 0 amide bonds. The van der Waals surface area contributed by atoms with E-state index in [0.717, 1.165) is 44.9 Å². The summed E-state index contributed by atoms with van der Waals surface area (Å²) in [4.78, 5) is 26.0. The van der Waals surface area contributed by atoms with Crippen LogP contribution in [-0.4, -0.2) is 38.5 Å². The molecule has 0 fully saturated rings. The molecule has 0 aliphatic heterocycles. The molecule has 0 aliphatic carbocycles. The number of carbonyl (C=O) groups is 2. The minimum atomic E-state index is -3.39. The summed E-state index contributed by atoms with van der Waals surface area (Å²) < 4.78 is 17.8. The molecule has 6 nitrogen and oxygen atoms in total. The summed E-state index contributed by atoms with van der Waals surface area (Å²) >= 11 is 3.82. The largest absolute Gasteiger partial charge is 0.635 e. The van der Waals surface area contributed by atoms with Gasteiger partial charge in [-0.2, -0.15) is 0 Å². The summed E-state index contributed by atoms with van der Waals surface area (Å²) in [5.41, 5.74) is 0.583. The molecule has 8 heteroatoms. The van der Waals surface area contributed by atoms with E-state index >= 15 is 0 Å². The molecule has 0 radical (unpaired) electrons. The number of thiocarbonyl (C=S) groups is 1. The first-order valence-electron chi connectivity index (χ1n) is 24.0. The normalized spacial score (nSPS) is 11.3. The van der Waals surface area contributed by atoms with E-state index < -0.39 is 8.80 Å². The lowest BCUT2D eigenvalue weighted by atomic mass is 10.0. The fraction of sp³-hybridized carbons (Fsp3) is 0.936. The van der Waals surface area contributed by atoms with Crippen molar-refractivity contribution in [1.82, 2.24) is 0 Å². The summed E-state index contributed by atoms with van der Waals surface area (Å²) in [6.07, 6.45) is 47.8. The fourth-order valence-electron chi connectivity index (χ4n) is 7.34. The number of aliphatic hydroxyl groups is 1. The molecule has 0 saturated heterocycles. The molecule has 0 bridgehead atoms. The van der Waals surface area contributed by atoms with E-state index in [4.69, 9.17) is 18.4 Å². The van der Waals surface area contributed by atoms with E-state index in [-0.39, 0.29) is 11.9 Å². The zero-order valence-corrected chi connectivity index (χ0v) is 39.1. The van der Waals surface area contributed by atoms with E-state index in [2.05, 4.69) is 33.0 Å². The molecule has 328 valence electrons. The van der Waals surface area contributed by atoms with Gasteiger partial charge in [0.2, 0.25) is 0 Å². The van der Waals surface area contributed by atoms with Crippen LogP contribution in [0.3, 0.4) is 0 Å². The molecule has 0 rings (SSSR count). The Bertz CT molecular complexity index is 749. The highest BCUT2D eigenvalue weighted by atomic mass is 32.1. The minimum absolute atomic E-state index is 0.258. The van der Waals surface area contributed by atoms with Gasteiger partial charge in [-0.3, -0.25) is 9.59 Å². The van der Waals surface area contributed by atoms with Crippen molar-refractivity contribution in [3.05, 3.63) is 0 Å². The fourth-order valence-corrected chi connectivity index (χ4v) is 9.53. The van der Waals surface area contributed by atoms with Gasteiger partial charge in [-0.15, -0.1) is 0 Å². The second-order valence-corrected chi connectivity index (χ2v) is 19.1. The quantitative estimate of drug-likeness (QED) is 0.0373. The van der Waals surface area contributed by atoms with Crippen molar-refractivity contribution in [3.63, 3.8) is 0 Å². The van der Waals surface area contributed by atoms with E-state index in [1.807, 2.05) is 0 Å². The Balaban J connectivity index is 0. The van der Waals surface area contributed by atoms with Crippen molar-refractivity contribution in [2.24, 2.45) is 0 Å². The second kappa shape index (κ2) is 47.4. The van der Waals surface area contributed by atoms with Crippen molar-refractivity contribution >= 4 is 38.5 Å². The van der Waals surface area contributed by atoms with Crippen LogP contribution in [0.4, 0.5) is 0 Å². The van der Waals surface area contributed by atoms with Crippen LogP contribution < -0.4 is 0 Å². The smallest absolute Gasteiger partial charge is 0.504 e. The predicted octanol–water partition coefficient (Wildman–Crippen LogP) is 16.4. The first kappa shape index (κ1) is 56.1. The molecule has 0 saturated carbocycles. The van der Waals surface area contributed by atoms with Crippen molar-refractivity contribution < 1.29 is 28.0 Å². The van der Waals surface area contributed by atoms with Crippen molar-refractivity contribution in [1.29, 1.82) is 0 Å². The highest BCUT2D eigenvalue weighted by Gasteiger charge is 2.47. The van der Waals surface area contributed by atoms with Gasteiger partial charge in [0.05, 0.1) is 0 Å². The molecular formula is C47H94O6SSi. The zero-order valence-electron chi connectivity index (χ0n) is 37.3. The van der Waals surface area contributed by atoms with Crippen molar-refractivity contribution in [3.8, 4) is 0 Å². The summed E-state index contributed by atoms with van der Waals surface area (Å²) in [5.74, 6) is -0.517. The van der Waals surface area contributed by atoms with Gasteiger partial charge in [0.15, 0.2) is 0 Å². The highest BCUT2D eigenvalue weighted by Crippen LogP contribution is 2.23. The maximum Gasteiger partial charge on any atom is 0.635 e. The van der Waals surface area contributed by atoms with Gasteiger partial charge < -0.3 is 18.4 Å². The van der Waals surface area contributed by atoms with Gasteiger partial charge in [-0.05, 0) is 31.5 Å². The van der Waals surface area contributed by atoms with Crippen LogP contribution in [0.2, 0.25) is 6.04 Å². The third-order valence-electron chi connectivity index (χ3n) is 10.9. The Labute approximate surface area is 349 Å². The molecule has 0 unspecified atom stereocenters. The number of aliphatic hydroxyl groups excluding tert-OH is 1. The van der Waals surface area contributed by atoms with Crippen LogP contribution in [0, 0.1) is 0 Å². The minimum Gasteiger partial charge on any atom is -0.504 e. The summed E-state index contributed by atoms with van der Waals surface area (Å²) in [7, 11) is -1.82. The third kappa shape index (κ3) is 44.0. The molecule has 0 aromatic carbocycles. The SMILES string of the molecule is CCCCCCCCCCCCCCCCCC(=O)O[Si](CCCCCCCCC)(OC)OC(=O)CCCCCCCCCCCCCCCCC.OC=S. The Morgan fingerprint density at radius 2 is 0.618 bits per heavy atom. The van der Waals surface area contributed by atoms with E-state index in [1.54, 1.807) is 7.11 Å². The first-order valence-corrected chi connectivity index (χ1v) is 26.4. The van der Waals surface area contributed by atoms with Gasteiger partial charge in [0.1, 0.15) is 5.55 Å². The molecule has 0 atom stereocenters. The van der Waals surface area contributed by atoms with E-state index in [1.165, 1.54) is 193 Å². The van der Waals surface area contributed by atoms with Gasteiger partial charge >= 0.3 is 8.80 Å². The van der Waals surface area contributed by atoms with Crippen molar-refractivity contribution in [2.75, 3.05) is 7.11 Å². The molecule has 0 aliphatic rings. The van der Waals surface area contributed by atoms with Crippen LogP contribution in [0.1, 0.15) is 271 Å². The summed E-state index contributed by atoms with van der Waals surface area (Å²) in [6, 6.07) is 0.534. The number of hydrogen-bond acceptors (Lipinski definition) is 6. The highest BCUT2D eigenvalue weighted by molar-refractivity contribution is 7.78. The monoisotopic (exact) mass is 815 g/mol. The van der Waals surface area contributed by atoms with Crippen LogP contribution in [0.5, 0.6) is 0 Å². The molecule has 0 heterocycles. The van der Waals surface area contributed by atoms with Gasteiger partial charge in [0, 0.05) is 26.0 Å². The maximum absolute atomic E-state index is 13.0. The molecule has 55 heavy (non-hydrogen) atoms. The van der Waals surface area contributed by atoms with Gasteiger partial charge in [-0.25, -0.2) is 0 Å². The molecule has 1 N–H and O–H groups in total. The van der Waals surface area contributed by atoms with Crippen LogP contribution in [0.25, 0.3) is 0 Å². The van der Waals surface area contributed by atoms with Crippen LogP contribution in [0.15, 0.2) is 0 Å². The van der Waals surface area contributed by atoms with Crippen LogP contribution in [-0.2, 0) is 22.9 Å². The summed E-state index contributed by atoms with van der Waals surface area (Å²) in [5, 5.41) is 7.26. The van der Waals surface area contributed by atoms with Crippen LogP contribution >= 0.6 is 12.2 Å². The Morgan fingerprint density at radius 1 is 0.418 bits per heavy atom. The lowest BCUT2D eigenvalue weighted by molar-refractivity contribution is -0.145. The lowest BCUT2D eigenvalue weighted by Crippen LogP contribution is -2.48. The van der Waals surface area contributed by atoms with E-state index in [9.17, 15) is 9.59 Å². The average molecular weight is 815 g/mol. The van der Waals surface area contributed by atoms with Gasteiger partial charge in [0.25, 0.3) is 11.9 Å². The molecular weight excluding hydrogens is 721 g/mol. The number of hydrogen-bond donors (Lipinski definition) is 1. The molecule has 0 spiro atoms. The van der Waals surface area contributed by atoms with Crippen molar-refractivity contribution in [2.45, 2.75) is 277 Å². The molecule has 0 aromatic rings. The Kier molecular flexibility index (Phi) is 48.3. The number of carbonyl (C=O) groups excluding carboxylic acids is 2. The Morgan fingerprint density at radius 3 is 0.836 bits per heavy atom. The predicted molar refractivity (Wildman–Crippen MR) is 243 cm³/mol. The first-order chi connectivity index (χ1) is 26.9. The zero-order chi connectivity index (χ0) is 40.8. The maximum atomic E-state index is 13.0.